The zero-order chi connectivity index (χ0) is 10.7. The SMILES string of the molecule is CNCc1ncn(Cc2sccc2Br)n1. The molecule has 0 aromatic carbocycles. The van der Waals surface area contributed by atoms with E-state index in [2.05, 4.69) is 36.7 Å². The average Bonchev–Trinajstić information content (AvgIpc) is 2.79. The summed E-state index contributed by atoms with van der Waals surface area (Å²) in [6.45, 7) is 1.48. The van der Waals surface area contributed by atoms with Crippen LogP contribution in [-0.4, -0.2) is 21.8 Å². The van der Waals surface area contributed by atoms with Crippen molar-refractivity contribution in [3.05, 3.63) is 32.9 Å². The average molecular weight is 287 g/mol. The van der Waals surface area contributed by atoms with Gasteiger partial charge in [0.15, 0.2) is 5.82 Å². The standard InChI is InChI=1S/C9H11BrN4S/c1-11-4-9-12-6-14(13-9)5-8-7(10)2-3-15-8/h2-3,6,11H,4-5H2,1H3. The minimum absolute atomic E-state index is 0.707. The van der Waals surface area contributed by atoms with Gasteiger partial charge in [-0.2, -0.15) is 5.10 Å². The first-order chi connectivity index (χ1) is 7.29. The molecule has 0 aliphatic carbocycles. The lowest BCUT2D eigenvalue weighted by Gasteiger charge is -1.98. The fourth-order valence-electron chi connectivity index (χ4n) is 1.23. The maximum absolute atomic E-state index is 4.34. The summed E-state index contributed by atoms with van der Waals surface area (Å²) in [7, 11) is 1.89. The van der Waals surface area contributed by atoms with Gasteiger partial charge in [0.25, 0.3) is 0 Å². The number of hydrogen-bond acceptors (Lipinski definition) is 4. The van der Waals surface area contributed by atoms with Gasteiger partial charge in [-0.3, -0.25) is 0 Å². The van der Waals surface area contributed by atoms with E-state index < -0.39 is 0 Å². The molecule has 0 saturated carbocycles. The Morgan fingerprint density at radius 2 is 2.47 bits per heavy atom. The van der Waals surface area contributed by atoms with Gasteiger partial charge in [-0.1, -0.05) is 0 Å². The Balaban J connectivity index is 2.08. The second-order valence-electron chi connectivity index (χ2n) is 3.08. The number of nitrogens with zero attached hydrogens (tertiary/aromatic N) is 3. The molecule has 0 amide bonds. The van der Waals surface area contributed by atoms with Crippen molar-refractivity contribution in [1.82, 2.24) is 20.1 Å². The predicted octanol–water partition coefficient (Wildman–Crippen LogP) is 1.87. The Kier molecular flexibility index (Phi) is 3.50. The Morgan fingerprint density at radius 1 is 1.60 bits per heavy atom. The molecule has 0 radical (unpaired) electrons. The molecule has 4 nitrogen and oxygen atoms in total. The van der Waals surface area contributed by atoms with Crippen LogP contribution in [0.5, 0.6) is 0 Å². The molecule has 1 N–H and O–H groups in total. The molecule has 0 spiro atoms. The molecule has 0 aliphatic heterocycles. The second-order valence-corrected chi connectivity index (χ2v) is 4.94. The number of hydrogen-bond donors (Lipinski definition) is 1. The van der Waals surface area contributed by atoms with Crippen LogP contribution in [0.2, 0.25) is 0 Å². The molecular formula is C9H11BrN4S. The highest BCUT2D eigenvalue weighted by Crippen LogP contribution is 2.23. The Labute approximate surface area is 100 Å². The largest absolute Gasteiger partial charge is 0.313 e. The van der Waals surface area contributed by atoms with Gasteiger partial charge in [0, 0.05) is 9.35 Å². The number of thiophene rings is 1. The molecule has 0 unspecified atom stereocenters. The fourth-order valence-corrected chi connectivity index (χ4v) is 2.70. The molecule has 2 aromatic rings. The highest BCUT2D eigenvalue weighted by molar-refractivity contribution is 9.10. The third-order valence-corrected chi connectivity index (χ3v) is 3.83. The smallest absolute Gasteiger partial charge is 0.164 e. The van der Waals surface area contributed by atoms with E-state index in [9.17, 15) is 0 Å². The third kappa shape index (κ3) is 2.64. The fraction of sp³-hybridized carbons (Fsp3) is 0.333. The summed E-state index contributed by atoms with van der Waals surface area (Å²) in [5, 5.41) is 9.43. The number of halogens is 1. The summed E-state index contributed by atoms with van der Waals surface area (Å²) in [4.78, 5) is 5.45. The summed E-state index contributed by atoms with van der Waals surface area (Å²) in [5.41, 5.74) is 0. The van der Waals surface area contributed by atoms with E-state index in [4.69, 9.17) is 0 Å². The van der Waals surface area contributed by atoms with Gasteiger partial charge in [0.05, 0.1) is 13.1 Å². The van der Waals surface area contributed by atoms with Gasteiger partial charge in [-0.05, 0) is 34.4 Å². The van der Waals surface area contributed by atoms with Crippen molar-refractivity contribution >= 4 is 27.3 Å². The van der Waals surface area contributed by atoms with Gasteiger partial charge in [-0.25, -0.2) is 9.67 Å². The molecule has 0 fully saturated rings. The van der Waals surface area contributed by atoms with Gasteiger partial charge >= 0.3 is 0 Å². The monoisotopic (exact) mass is 286 g/mol. The summed E-state index contributed by atoms with van der Waals surface area (Å²) >= 11 is 5.21. The Morgan fingerprint density at radius 3 is 3.13 bits per heavy atom. The zero-order valence-electron chi connectivity index (χ0n) is 8.27. The van der Waals surface area contributed by atoms with E-state index in [1.807, 2.05) is 17.8 Å². The first-order valence-electron chi connectivity index (χ1n) is 4.54. The summed E-state index contributed by atoms with van der Waals surface area (Å²) in [6, 6.07) is 2.05. The molecule has 6 heteroatoms. The van der Waals surface area contributed by atoms with Gasteiger partial charge < -0.3 is 5.32 Å². The van der Waals surface area contributed by atoms with Crippen molar-refractivity contribution < 1.29 is 0 Å². The van der Waals surface area contributed by atoms with Crippen molar-refractivity contribution in [2.45, 2.75) is 13.1 Å². The summed E-state index contributed by atoms with van der Waals surface area (Å²) < 4.78 is 2.99. The van der Waals surface area contributed by atoms with Crippen LogP contribution in [0.15, 0.2) is 22.2 Å². The van der Waals surface area contributed by atoms with Crippen molar-refractivity contribution in [2.75, 3.05) is 7.05 Å². The van der Waals surface area contributed by atoms with Crippen LogP contribution >= 0.6 is 27.3 Å². The first-order valence-corrected chi connectivity index (χ1v) is 6.21. The molecule has 0 aliphatic rings. The van der Waals surface area contributed by atoms with Gasteiger partial charge in [0.2, 0.25) is 0 Å². The van der Waals surface area contributed by atoms with E-state index in [0.29, 0.717) is 6.54 Å². The zero-order valence-corrected chi connectivity index (χ0v) is 10.7. The summed E-state index contributed by atoms with van der Waals surface area (Å²) in [5.74, 6) is 0.824. The first kappa shape index (κ1) is 10.8. The van der Waals surface area contributed by atoms with Crippen LogP contribution in [-0.2, 0) is 13.1 Å². The highest BCUT2D eigenvalue weighted by Gasteiger charge is 2.04. The van der Waals surface area contributed by atoms with Crippen LogP contribution in [0, 0.1) is 0 Å². The van der Waals surface area contributed by atoms with Crippen molar-refractivity contribution in [3.8, 4) is 0 Å². The van der Waals surface area contributed by atoms with E-state index in [1.54, 1.807) is 17.7 Å². The van der Waals surface area contributed by atoms with E-state index >= 15 is 0 Å². The van der Waals surface area contributed by atoms with E-state index in [1.165, 1.54) is 4.88 Å². The molecule has 0 atom stereocenters. The topological polar surface area (TPSA) is 42.7 Å². The number of rotatable bonds is 4. The molecule has 0 saturated heterocycles. The lowest BCUT2D eigenvalue weighted by molar-refractivity contribution is 0.663. The van der Waals surface area contributed by atoms with Crippen molar-refractivity contribution in [1.29, 1.82) is 0 Å². The van der Waals surface area contributed by atoms with Gasteiger partial charge in [-0.15, -0.1) is 11.3 Å². The maximum Gasteiger partial charge on any atom is 0.164 e. The molecule has 15 heavy (non-hydrogen) atoms. The molecule has 2 heterocycles. The molecule has 2 rings (SSSR count). The lowest BCUT2D eigenvalue weighted by atomic mass is 10.5. The van der Waals surface area contributed by atoms with Crippen LogP contribution < -0.4 is 5.32 Å². The quantitative estimate of drug-likeness (QED) is 0.933. The molecule has 0 bridgehead atoms. The Bertz CT molecular complexity index is 437. The predicted molar refractivity (Wildman–Crippen MR) is 63.9 cm³/mol. The number of aromatic nitrogens is 3. The third-order valence-electron chi connectivity index (χ3n) is 1.92. The van der Waals surface area contributed by atoms with Crippen LogP contribution in [0.25, 0.3) is 0 Å². The highest BCUT2D eigenvalue weighted by atomic mass is 79.9. The maximum atomic E-state index is 4.34. The molecular weight excluding hydrogens is 276 g/mol. The molecule has 2 aromatic heterocycles. The van der Waals surface area contributed by atoms with Crippen LogP contribution in [0.3, 0.4) is 0 Å². The Hall–Kier alpha value is -0.720. The van der Waals surface area contributed by atoms with Crippen molar-refractivity contribution in [3.63, 3.8) is 0 Å². The second kappa shape index (κ2) is 4.87. The van der Waals surface area contributed by atoms with E-state index in [0.717, 1.165) is 16.8 Å². The van der Waals surface area contributed by atoms with Crippen molar-refractivity contribution in [2.24, 2.45) is 0 Å². The van der Waals surface area contributed by atoms with Crippen LogP contribution in [0.1, 0.15) is 10.7 Å². The minimum Gasteiger partial charge on any atom is -0.313 e. The van der Waals surface area contributed by atoms with Crippen LogP contribution in [0.4, 0.5) is 0 Å². The summed E-state index contributed by atoms with van der Waals surface area (Å²) in [6.07, 6.45) is 1.76. The van der Waals surface area contributed by atoms with E-state index in [-0.39, 0.29) is 0 Å². The minimum atomic E-state index is 0.707. The lowest BCUT2D eigenvalue weighted by Crippen LogP contribution is -2.08. The normalized spacial score (nSPS) is 10.8. The van der Waals surface area contributed by atoms with Gasteiger partial charge in [0.1, 0.15) is 6.33 Å². The molecule has 80 valence electrons. The number of nitrogens with one attached hydrogen (secondary N) is 1.